The molecule has 3 rings (SSSR count). The smallest absolute Gasteiger partial charge is 0.0994 e. The molecule has 0 radical (unpaired) electrons. The van der Waals surface area contributed by atoms with Crippen molar-refractivity contribution in [3.05, 3.63) is 35.8 Å². The summed E-state index contributed by atoms with van der Waals surface area (Å²) in [4.78, 5) is 4.07. The van der Waals surface area contributed by atoms with Gasteiger partial charge in [-0.2, -0.15) is 5.10 Å². The molecular weight excluding hydrogens is 202 g/mol. The van der Waals surface area contributed by atoms with Crippen LogP contribution < -0.4 is 0 Å². The van der Waals surface area contributed by atoms with Crippen molar-refractivity contribution in [2.24, 2.45) is 0 Å². The first-order valence-electron chi connectivity index (χ1n) is 5.48. The van der Waals surface area contributed by atoms with Gasteiger partial charge in [-0.25, -0.2) is 0 Å². The zero-order valence-corrected chi connectivity index (χ0v) is 8.85. The minimum Gasteiger partial charge on any atom is -0.392 e. The lowest BCUT2D eigenvalue weighted by Crippen LogP contribution is -1.91. The molecule has 1 fully saturated rings. The van der Waals surface area contributed by atoms with Crippen LogP contribution in [0.15, 0.2) is 24.5 Å². The lowest BCUT2D eigenvalue weighted by Gasteiger charge is -2.01. The van der Waals surface area contributed by atoms with Crippen molar-refractivity contribution < 1.29 is 5.11 Å². The zero-order chi connectivity index (χ0) is 11.0. The Morgan fingerprint density at radius 2 is 2.31 bits per heavy atom. The summed E-state index contributed by atoms with van der Waals surface area (Å²) in [5.41, 5.74) is 3.81. The predicted molar refractivity (Wildman–Crippen MR) is 59.7 cm³/mol. The summed E-state index contributed by atoms with van der Waals surface area (Å²) < 4.78 is 0. The number of rotatable bonds is 3. The molecule has 4 heteroatoms. The van der Waals surface area contributed by atoms with E-state index in [0.717, 1.165) is 22.5 Å². The van der Waals surface area contributed by atoms with Crippen LogP contribution in [0.2, 0.25) is 0 Å². The average molecular weight is 215 g/mol. The third kappa shape index (κ3) is 1.51. The summed E-state index contributed by atoms with van der Waals surface area (Å²) in [6.07, 6.45) is 5.89. The highest BCUT2D eigenvalue weighted by atomic mass is 16.3. The molecule has 1 saturated carbocycles. The normalized spacial score (nSPS) is 15.3. The number of hydrogen-bond donors (Lipinski definition) is 2. The Bertz CT molecular complexity index is 488. The van der Waals surface area contributed by atoms with E-state index in [9.17, 15) is 5.11 Å². The molecule has 1 aliphatic rings. The van der Waals surface area contributed by atoms with Crippen molar-refractivity contribution in [1.82, 2.24) is 15.2 Å². The van der Waals surface area contributed by atoms with Gasteiger partial charge in [-0.1, -0.05) is 0 Å². The van der Waals surface area contributed by atoms with Gasteiger partial charge >= 0.3 is 0 Å². The fraction of sp³-hybridized carbons (Fsp3) is 0.333. The van der Waals surface area contributed by atoms with Crippen LogP contribution in [0.3, 0.4) is 0 Å². The van der Waals surface area contributed by atoms with E-state index in [1.165, 1.54) is 12.8 Å². The van der Waals surface area contributed by atoms with Gasteiger partial charge in [-0.3, -0.25) is 10.1 Å². The van der Waals surface area contributed by atoms with Gasteiger partial charge in [-0.05, 0) is 25.0 Å². The number of nitrogens with one attached hydrogen (secondary N) is 1. The molecule has 2 N–H and O–H groups in total. The monoisotopic (exact) mass is 215 g/mol. The van der Waals surface area contributed by atoms with Crippen LogP contribution in [-0.4, -0.2) is 20.3 Å². The molecule has 82 valence electrons. The largest absolute Gasteiger partial charge is 0.392 e. The molecule has 1 aliphatic carbocycles. The standard InChI is InChI=1S/C12H13N3O/c16-7-10-11(8-3-4-8)14-15-12(10)9-2-1-5-13-6-9/h1-2,5-6,8,16H,3-4,7H2,(H,14,15). The quantitative estimate of drug-likeness (QED) is 0.821. The number of nitrogens with zero attached hydrogens (tertiary/aromatic N) is 2. The van der Waals surface area contributed by atoms with Crippen LogP contribution in [-0.2, 0) is 6.61 Å². The molecule has 0 aromatic carbocycles. The molecule has 16 heavy (non-hydrogen) atoms. The van der Waals surface area contributed by atoms with Gasteiger partial charge < -0.3 is 5.11 Å². The highest BCUT2D eigenvalue weighted by Crippen LogP contribution is 2.42. The fourth-order valence-electron chi connectivity index (χ4n) is 1.99. The van der Waals surface area contributed by atoms with Crippen molar-refractivity contribution in [1.29, 1.82) is 0 Å². The van der Waals surface area contributed by atoms with Crippen molar-refractivity contribution in [2.45, 2.75) is 25.4 Å². The number of H-pyrrole nitrogens is 1. The first kappa shape index (κ1) is 9.54. The van der Waals surface area contributed by atoms with Gasteiger partial charge in [0, 0.05) is 35.1 Å². The molecule has 4 nitrogen and oxygen atoms in total. The van der Waals surface area contributed by atoms with E-state index in [0.29, 0.717) is 5.92 Å². The highest BCUT2D eigenvalue weighted by Gasteiger charge is 2.29. The molecule has 0 amide bonds. The molecule has 0 aliphatic heterocycles. The van der Waals surface area contributed by atoms with Crippen molar-refractivity contribution >= 4 is 0 Å². The Kier molecular flexibility index (Phi) is 2.22. The minimum atomic E-state index is 0.0343. The van der Waals surface area contributed by atoms with E-state index in [-0.39, 0.29) is 6.61 Å². The maximum atomic E-state index is 9.45. The lowest BCUT2D eigenvalue weighted by atomic mass is 10.1. The predicted octanol–water partition coefficient (Wildman–Crippen LogP) is 1.84. The molecule has 0 saturated heterocycles. The number of aromatic nitrogens is 3. The van der Waals surface area contributed by atoms with Gasteiger partial charge in [0.1, 0.15) is 0 Å². The van der Waals surface area contributed by atoms with Gasteiger partial charge in [0.2, 0.25) is 0 Å². The third-order valence-electron chi connectivity index (χ3n) is 2.98. The van der Waals surface area contributed by atoms with Crippen LogP contribution in [0.5, 0.6) is 0 Å². The summed E-state index contributed by atoms with van der Waals surface area (Å²) in [6, 6.07) is 3.83. The molecule has 0 bridgehead atoms. The van der Waals surface area contributed by atoms with E-state index in [1.807, 2.05) is 12.1 Å². The Morgan fingerprint density at radius 1 is 1.44 bits per heavy atom. The topological polar surface area (TPSA) is 61.8 Å². The molecule has 2 aromatic rings. The van der Waals surface area contributed by atoms with E-state index in [4.69, 9.17) is 0 Å². The average Bonchev–Trinajstić information content (AvgIpc) is 3.09. The number of aliphatic hydroxyl groups is 1. The Balaban J connectivity index is 2.07. The molecule has 0 unspecified atom stereocenters. The van der Waals surface area contributed by atoms with Crippen LogP contribution in [0, 0.1) is 0 Å². The van der Waals surface area contributed by atoms with E-state index in [2.05, 4.69) is 15.2 Å². The molecular formula is C12H13N3O. The van der Waals surface area contributed by atoms with Gasteiger partial charge in [0.15, 0.2) is 0 Å². The maximum absolute atomic E-state index is 9.45. The van der Waals surface area contributed by atoms with E-state index < -0.39 is 0 Å². The Hall–Kier alpha value is -1.68. The number of aliphatic hydroxyl groups excluding tert-OH is 1. The number of aromatic amines is 1. The molecule has 0 atom stereocenters. The summed E-state index contributed by atoms with van der Waals surface area (Å²) in [5, 5.41) is 16.8. The fourth-order valence-corrected chi connectivity index (χ4v) is 1.99. The SMILES string of the molecule is OCc1c(-c2cccnc2)n[nH]c1C1CC1. The number of pyridine rings is 1. The second-order valence-corrected chi connectivity index (χ2v) is 4.14. The number of hydrogen-bond acceptors (Lipinski definition) is 3. The second kappa shape index (κ2) is 3.72. The Morgan fingerprint density at radius 3 is 2.94 bits per heavy atom. The van der Waals surface area contributed by atoms with Gasteiger partial charge in [-0.15, -0.1) is 0 Å². The van der Waals surface area contributed by atoms with Gasteiger partial charge in [0.25, 0.3) is 0 Å². The summed E-state index contributed by atoms with van der Waals surface area (Å²) >= 11 is 0. The maximum Gasteiger partial charge on any atom is 0.0994 e. The first-order chi connectivity index (χ1) is 7.90. The minimum absolute atomic E-state index is 0.0343. The van der Waals surface area contributed by atoms with Crippen molar-refractivity contribution in [2.75, 3.05) is 0 Å². The van der Waals surface area contributed by atoms with Crippen LogP contribution in [0.4, 0.5) is 0 Å². The van der Waals surface area contributed by atoms with Crippen LogP contribution in [0.1, 0.15) is 30.0 Å². The van der Waals surface area contributed by atoms with Crippen LogP contribution in [0.25, 0.3) is 11.3 Å². The summed E-state index contributed by atoms with van der Waals surface area (Å²) in [7, 11) is 0. The molecule has 2 heterocycles. The second-order valence-electron chi connectivity index (χ2n) is 4.14. The van der Waals surface area contributed by atoms with E-state index in [1.54, 1.807) is 12.4 Å². The van der Waals surface area contributed by atoms with E-state index >= 15 is 0 Å². The highest BCUT2D eigenvalue weighted by molar-refractivity contribution is 5.63. The summed E-state index contributed by atoms with van der Waals surface area (Å²) in [6.45, 7) is 0.0343. The summed E-state index contributed by atoms with van der Waals surface area (Å²) in [5.74, 6) is 0.570. The van der Waals surface area contributed by atoms with Crippen LogP contribution >= 0.6 is 0 Å². The zero-order valence-electron chi connectivity index (χ0n) is 8.85. The van der Waals surface area contributed by atoms with Crippen molar-refractivity contribution in [3.8, 4) is 11.3 Å². The van der Waals surface area contributed by atoms with Gasteiger partial charge in [0.05, 0.1) is 12.3 Å². The first-order valence-corrected chi connectivity index (χ1v) is 5.48. The third-order valence-corrected chi connectivity index (χ3v) is 2.98. The Labute approximate surface area is 93.4 Å². The molecule has 2 aromatic heterocycles. The van der Waals surface area contributed by atoms with Crippen molar-refractivity contribution in [3.63, 3.8) is 0 Å². The molecule has 0 spiro atoms. The lowest BCUT2D eigenvalue weighted by molar-refractivity contribution is 0.281.